The molecule has 1 heterocycles. The van der Waals surface area contributed by atoms with Gasteiger partial charge in [-0.25, -0.2) is 0 Å². The molecule has 0 radical (unpaired) electrons. The average molecular weight is 322 g/mol. The smallest absolute Gasteiger partial charge is 0.305 e. The first-order chi connectivity index (χ1) is 10.2. The van der Waals surface area contributed by atoms with Gasteiger partial charge in [0, 0.05) is 0 Å². The van der Waals surface area contributed by atoms with Gasteiger partial charge < -0.3 is 14.8 Å². The Morgan fingerprint density at radius 2 is 2.05 bits per heavy atom. The quantitative estimate of drug-likeness (QED) is 0.582. The fourth-order valence-corrected chi connectivity index (χ4v) is 2.40. The minimum Gasteiger partial charge on any atom is -0.469 e. The average Bonchev–Trinajstić information content (AvgIpc) is 2.58. The van der Waals surface area contributed by atoms with E-state index in [4.69, 9.17) is 9.47 Å². The Morgan fingerprint density at radius 3 is 2.43 bits per heavy atom. The van der Waals surface area contributed by atoms with Crippen molar-refractivity contribution in [3.05, 3.63) is 0 Å². The van der Waals surface area contributed by atoms with Crippen LogP contribution in [0, 0.1) is 5.92 Å². The highest BCUT2D eigenvalue weighted by Crippen LogP contribution is 2.34. The second-order valence-corrected chi connectivity index (χ2v) is 4.89. The SMILES string of the molecule is CC.CCC1(CCNC)CCC(CC(=O)OC)CO1.CS. The van der Waals surface area contributed by atoms with E-state index in [-0.39, 0.29) is 11.6 Å². The van der Waals surface area contributed by atoms with Crippen molar-refractivity contribution < 1.29 is 14.3 Å². The molecule has 0 aliphatic carbocycles. The second-order valence-electron chi connectivity index (χ2n) is 4.89. The molecule has 2 atom stereocenters. The Hall–Kier alpha value is -0.260. The van der Waals surface area contributed by atoms with Gasteiger partial charge in [-0.15, -0.1) is 0 Å². The van der Waals surface area contributed by atoms with Crippen molar-refractivity contribution in [1.29, 1.82) is 0 Å². The van der Waals surface area contributed by atoms with Crippen LogP contribution in [0.25, 0.3) is 0 Å². The third kappa shape index (κ3) is 9.38. The summed E-state index contributed by atoms with van der Waals surface area (Å²) in [5.41, 5.74) is 0.0234. The summed E-state index contributed by atoms with van der Waals surface area (Å²) in [6.07, 6.45) is 6.38. The zero-order valence-corrected chi connectivity index (χ0v) is 15.6. The fraction of sp³-hybridized carbons (Fsp3) is 0.938. The Balaban J connectivity index is 0. The number of thiol groups is 1. The maximum atomic E-state index is 11.2. The van der Waals surface area contributed by atoms with Crippen molar-refractivity contribution >= 4 is 18.6 Å². The third-order valence-electron chi connectivity index (χ3n) is 3.79. The fourth-order valence-electron chi connectivity index (χ4n) is 2.40. The summed E-state index contributed by atoms with van der Waals surface area (Å²) in [6.45, 7) is 7.85. The van der Waals surface area contributed by atoms with E-state index in [0.717, 1.165) is 32.2 Å². The zero-order chi connectivity index (χ0) is 16.7. The van der Waals surface area contributed by atoms with Gasteiger partial charge in [0.1, 0.15) is 0 Å². The molecular weight excluding hydrogens is 286 g/mol. The maximum absolute atomic E-state index is 11.2. The minimum absolute atomic E-state index is 0.0234. The summed E-state index contributed by atoms with van der Waals surface area (Å²) in [4.78, 5) is 11.2. The molecule has 1 rings (SSSR count). The van der Waals surface area contributed by atoms with Crippen LogP contribution in [-0.2, 0) is 14.3 Å². The van der Waals surface area contributed by atoms with Crippen molar-refractivity contribution in [2.75, 3.05) is 33.6 Å². The normalized spacial score (nSPS) is 24.0. The van der Waals surface area contributed by atoms with Crippen molar-refractivity contribution in [1.82, 2.24) is 5.32 Å². The Morgan fingerprint density at radius 1 is 1.43 bits per heavy atom. The molecule has 1 aliphatic rings. The van der Waals surface area contributed by atoms with Crippen LogP contribution >= 0.6 is 12.6 Å². The van der Waals surface area contributed by atoms with Crippen molar-refractivity contribution in [2.24, 2.45) is 5.92 Å². The summed E-state index contributed by atoms with van der Waals surface area (Å²) < 4.78 is 10.7. The van der Waals surface area contributed by atoms with Crippen molar-refractivity contribution in [3.8, 4) is 0 Å². The summed E-state index contributed by atoms with van der Waals surface area (Å²) in [7, 11) is 3.40. The molecule has 1 fully saturated rings. The molecule has 0 bridgehead atoms. The molecule has 21 heavy (non-hydrogen) atoms. The Bertz CT molecular complexity index is 242. The summed E-state index contributed by atoms with van der Waals surface area (Å²) in [6, 6.07) is 0. The van der Waals surface area contributed by atoms with Crippen LogP contribution in [0.15, 0.2) is 0 Å². The summed E-state index contributed by atoms with van der Waals surface area (Å²) in [5, 5.41) is 3.17. The minimum atomic E-state index is -0.127. The maximum Gasteiger partial charge on any atom is 0.305 e. The topological polar surface area (TPSA) is 47.6 Å². The molecule has 4 nitrogen and oxygen atoms in total. The molecule has 0 spiro atoms. The van der Waals surface area contributed by atoms with E-state index < -0.39 is 0 Å². The number of ether oxygens (including phenoxy) is 2. The highest BCUT2D eigenvalue weighted by atomic mass is 32.1. The number of rotatable bonds is 6. The molecular formula is C16H35NO3S. The van der Waals surface area contributed by atoms with Crippen LogP contribution in [-0.4, -0.2) is 45.1 Å². The summed E-state index contributed by atoms with van der Waals surface area (Å²) >= 11 is 3.53. The van der Waals surface area contributed by atoms with Gasteiger partial charge in [0.05, 0.1) is 25.7 Å². The largest absolute Gasteiger partial charge is 0.469 e. The van der Waals surface area contributed by atoms with E-state index in [1.165, 1.54) is 7.11 Å². The first-order valence-electron chi connectivity index (χ1n) is 7.96. The molecule has 1 aliphatic heterocycles. The van der Waals surface area contributed by atoms with Gasteiger partial charge in [-0.3, -0.25) is 4.79 Å². The number of carbonyl (C=O) groups is 1. The van der Waals surface area contributed by atoms with Crippen LogP contribution < -0.4 is 5.32 Å². The molecule has 1 saturated heterocycles. The van der Waals surface area contributed by atoms with Gasteiger partial charge in [-0.05, 0) is 51.4 Å². The van der Waals surface area contributed by atoms with Crippen molar-refractivity contribution in [2.45, 2.75) is 58.5 Å². The molecule has 0 aromatic rings. The predicted molar refractivity (Wildman–Crippen MR) is 93.1 cm³/mol. The Kier molecular flexibility index (Phi) is 16.1. The van der Waals surface area contributed by atoms with Crippen LogP contribution in [0.4, 0.5) is 0 Å². The van der Waals surface area contributed by atoms with Gasteiger partial charge in [-0.1, -0.05) is 20.8 Å². The van der Waals surface area contributed by atoms with Crippen LogP contribution in [0.2, 0.25) is 0 Å². The number of hydrogen-bond donors (Lipinski definition) is 2. The van der Waals surface area contributed by atoms with E-state index in [0.29, 0.717) is 18.9 Å². The number of hydrogen-bond acceptors (Lipinski definition) is 5. The first kappa shape index (κ1) is 23.0. The van der Waals surface area contributed by atoms with Crippen molar-refractivity contribution in [3.63, 3.8) is 0 Å². The van der Waals surface area contributed by atoms with Crippen LogP contribution in [0.1, 0.15) is 52.9 Å². The molecule has 5 heteroatoms. The molecule has 1 N–H and O–H groups in total. The van der Waals surface area contributed by atoms with Gasteiger partial charge in [0.15, 0.2) is 0 Å². The number of carbonyl (C=O) groups excluding carboxylic acids is 1. The lowest BCUT2D eigenvalue weighted by atomic mass is 9.83. The molecule has 2 unspecified atom stereocenters. The highest BCUT2D eigenvalue weighted by Gasteiger charge is 2.34. The second kappa shape index (κ2) is 14.7. The van der Waals surface area contributed by atoms with Gasteiger partial charge in [-0.2, -0.15) is 12.6 Å². The summed E-state index contributed by atoms with van der Waals surface area (Å²) in [5.74, 6) is 0.203. The molecule has 128 valence electrons. The predicted octanol–water partition coefficient (Wildman–Crippen LogP) is 3.31. The van der Waals surface area contributed by atoms with E-state index in [2.05, 4.69) is 24.9 Å². The van der Waals surface area contributed by atoms with E-state index in [1.807, 2.05) is 20.9 Å². The van der Waals surface area contributed by atoms with E-state index in [1.54, 1.807) is 6.26 Å². The van der Waals surface area contributed by atoms with Gasteiger partial charge in [0.2, 0.25) is 0 Å². The standard InChI is InChI=1S/C13H25NO3.C2H6.CH4S/c1-4-13(7-8-14-2)6-5-11(10-17-13)9-12(15)16-3;2*1-2/h11,14H,4-10H2,1-3H3;1-2H3;2H,1H3. The first-order valence-corrected chi connectivity index (χ1v) is 8.85. The third-order valence-corrected chi connectivity index (χ3v) is 3.79. The monoisotopic (exact) mass is 321 g/mol. The number of methoxy groups -OCH3 is 1. The lowest BCUT2D eigenvalue weighted by molar-refractivity contribution is -0.147. The van der Waals surface area contributed by atoms with Crippen LogP contribution in [0.5, 0.6) is 0 Å². The molecule has 0 amide bonds. The number of nitrogens with one attached hydrogen (secondary N) is 1. The van der Waals surface area contributed by atoms with Gasteiger partial charge >= 0.3 is 5.97 Å². The Labute approximate surface area is 136 Å². The van der Waals surface area contributed by atoms with Crippen LogP contribution in [0.3, 0.4) is 0 Å². The number of esters is 1. The molecule has 0 aromatic carbocycles. The zero-order valence-electron chi connectivity index (χ0n) is 14.7. The van der Waals surface area contributed by atoms with E-state index in [9.17, 15) is 4.79 Å². The molecule has 0 saturated carbocycles. The lowest BCUT2D eigenvalue weighted by Gasteiger charge is -2.39. The van der Waals surface area contributed by atoms with Gasteiger partial charge in [0.25, 0.3) is 0 Å². The highest BCUT2D eigenvalue weighted by molar-refractivity contribution is 7.79. The van der Waals surface area contributed by atoms with E-state index >= 15 is 0 Å². The molecule has 0 aromatic heterocycles. The lowest BCUT2D eigenvalue weighted by Crippen LogP contribution is -2.41.